The Balaban J connectivity index is 1.30. The summed E-state index contributed by atoms with van der Waals surface area (Å²) in [6, 6.07) is 16.1. The molecule has 0 saturated carbocycles. The lowest BCUT2D eigenvalue weighted by atomic mass is 9.92. The van der Waals surface area contributed by atoms with Crippen LogP contribution in [0.3, 0.4) is 0 Å². The standard InChI is InChI=1S/C66H92N4O4S2/c1-5-9-13-17-21-23-27-31-39-47(37-29-25-19-15-11-7-3)45-69-63(71)55-53-54-56(60-61(57(53)65(69)73)75-51-43-35-34-42-50(51)68-60)64(72)70(66(74)58(54)62-59(55)67-49-41-33-36-44-52(49)76-62)46-48(38-30-26-20-16-12-8-4)40-32-28-24-22-18-14-10-6-2/h33-36,41-44,47-48,67-68H,5-32,37-40,45-46H2,1-4H3. The van der Waals surface area contributed by atoms with E-state index in [9.17, 15) is 0 Å². The van der Waals surface area contributed by atoms with Crippen LogP contribution in [-0.2, 0) is 13.1 Å². The van der Waals surface area contributed by atoms with Gasteiger partial charge in [-0.1, -0.05) is 232 Å². The van der Waals surface area contributed by atoms with Crippen LogP contribution in [0.15, 0.2) is 67.7 Å². The lowest BCUT2D eigenvalue weighted by molar-refractivity contribution is 0.350. The van der Waals surface area contributed by atoms with E-state index in [0.717, 1.165) is 97.5 Å². The molecule has 8 rings (SSSR count). The van der Waals surface area contributed by atoms with Crippen LogP contribution in [0.1, 0.15) is 233 Å². The van der Waals surface area contributed by atoms with Crippen LogP contribution >= 0.6 is 22.7 Å². The van der Waals surface area contributed by atoms with Gasteiger partial charge in [0.1, 0.15) is 0 Å². The first-order valence-electron chi connectivity index (χ1n) is 30.8. The summed E-state index contributed by atoms with van der Waals surface area (Å²) in [5.74, 6) is 0.336. The van der Waals surface area contributed by atoms with Crippen molar-refractivity contribution in [3.8, 4) is 0 Å². The maximum Gasteiger partial charge on any atom is 0.263 e. The molecule has 0 spiro atoms. The maximum absolute atomic E-state index is 15.8. The minimum Gasteiger partial charge on any atom is -0.353 e. The molecule has 76 heavy (non-hydrogen) atoms. The number of hydrogen-bond donors (Lipinski definition) is 2. The topological polar surface area (TPSA) is 110 Å². The van der Waals surface area contributed by atoms with E-state index in [4.69, 9.17) is 0 Å². The fourth-order valence-corrected chi connectivity index (χ4v) is 14.9. The first-order chi connectivity index (χ1) is 37.3. The average molecular weight is 1070 g/mol. The molecule has 0 bridgehead atoms. The second-order valence-corrected chi connectivity index (χ2v) is 25.0. The van der Waals surface area contributed by atoms with Crippen molar-refractivity contribution in [1.82, 2.24) is 19.1 Å². The van der Waals surface area contributed by atoms with E-state index in [1.54, 1.807) is 9.13 Å². The predicted octanol–water partition coefficient (Wildman–Crippen LogP) is 19.4. The van der Waals surface area contributed by atoms with Crippen molar-refractivity contribution in [2.45, 2.75) is 246 Å². The van der Waals surface area contributed by atoms with Crippen molar-refractivity contribution in [2.75, 3.05) is 0 Å². The number of pyridine rings is 2. The maximum atomic E-state index is 15.8. The van der Waals surface area contributed by atoms with E-state index in [0.29, 0.717) is 65.8 Å². The van der Waals surface area contributed by atoms with Crippen LogP contribution in [0.4, 0.5) is 0 Å². The summed E-state index contributed by atoms with van der Waals surface area (Å²) in [5, 5.41) is 2.58. The number of fused-ring (bicyclic) bond motifs is 8. The molecule has 4 aromatic heterocycles. The van der Waals surface area contributed by atoms with Gasteiger partial charge < -0.3 is 9.97 Å². The second-order valence-electron chi connectivity index (χ2n) is 22.9. The van der Waals surface area contributed by atoms with E-state index in [-0.39, 0.29) is 34.1 Å². The third kappa shape index (κ3) is 13.8. The fourth-order valence-electron chi connectivity index (χ4n) is 12.6. The molecule has 2 N–H and O–H groups in total. The molecule has 0 amide bonds. The number of para-hydroxylation sites is 2. The molecule has 0 fully saturated rings. The van der Waals surface area contributed by atoms with Gasteiger partial charge in [0.05, 0.1) is 62.4 Å². The molecule has 2 unspecified atom stereocenters. The van der Waals surface area contributed by atoms with Gasteiger partial charge in [-0.15, -0.1) is 22.7 Å². The van der Waals surface area contributed by atoms with Crippen LogP contribution in [0.2, 0.25) is 0 Å². The number of H-pyrrole nitrogens is 2. The van der Waals surface area contributed by atoms with Crippen LogP contribution in [-0.4, -0.2) is 19.1 Å². The molecular weight excluding hydrogens is 977 g/mol. The van der Waals surface area contributed by atoms with Gasteiger partial charge in [0.25, 0.3) is 22.2 Å². The first kappa shape index (κ1) is 57.6. The average Bonchev–Trinajstić information content (AvgIpc) is 3.58. The highest BCUT2D eigenvalue weighted by molar-refractivity contribution is 7.26. The largest absolute Gasteiger partial charge is 0.353 e. The van der Waals surface area contributed by atoms with Gasteiger partial charge in [-0.05, 0) is 61.8 Å². The second kappa shape index (κ2) is 29.4. The Morgan fingerprint density at radius 3 is 0.947 bits per heavy atom. The van der Waals surface area contributed by atoms with E-state index in [1.807, 2.05) is 36.4 Å². The number of benzene rings is 4. The van der Waals surface area contributed by atoms with E-state index in [1.165, 1.54) is 151 Å². The highest BCUT2D eigenvalue weighted by Crippen LogP contribution is 2.44. The fraction of sp³-hybridized carbons (Fsp3) is 0.606. The van der Waals surface area contributed by atoms with Crippen molar-refractivity contribution in [3.05, 3.63) is 89.9 Å². The highest BCUT2D eigenvalue weighted by Gasteiger charge is 2.30. The van der Waals surface area contributed by atoms with Crippen molar-refractivity contribution in [3.63, 3.8) is 0 Å². The van der Waals surface area contributed by atoms with Gasteiger partial charge >= 0.3 is 0 Å². The zero-order valence-electron chi connectivity index (χ0n) is 47.2. The Morgan fingerprint density at radius 1 is 0.355 bits per heavy atom. The molecule has 0 saturated heterocycles. The van der Waals surface area contributed by atoms with Gasteiger partial charge in [0, 0.05) is 23.9 Å². The summed E-state index contributed by atoms with van der Waals surface area (Å²) in [4.78, 5) is 70.6. The molecule has 8 nitrogen and oxygen atoms in total. The van der Waals surface area contributed by atoms with Gasteiger partial charge in [-0.2, -0.15) is 0 Å². The summed E-state index contributed by atoms with van der Waals surface area (Å²) in [6.45, 7) is 9.73. The molecule has 412 valence electrons. The highest BCUT2D eigenvalue weighted by atomic mass is 32.1. The van der Waals surface area contributed by atoms with Crippen molar-refractivity contribution in [2.24, 2.45) is 11.8 Å². The monoisotopic (exact) mass is 1070 g/mol. The molecular formula is C66H92N4O4S2. The smallest absolute Gasteiger partial charge is 0.263 e. The number of aromatic amines is 2. The Morgan fingerprint density at radius 2 is 0.632 bits per heavy atom. The Hall–Kier alpha value is -4.54. The van der Waals surface area contributed by atoms with Crippen molar-refractivity contribution in [1.29, 1.82) is 0 Å². The van der Waals surface area contributed by atoms with Crippen LogP contribution in [0.25, 0.3) is 73.2 Å². The Kier molecular flexibility index (Phi) is 22.3. The molecule has 0 radical (unpaired) electrons. The molecule has 0 aliphatic carbocycles. The minimum absolute atomic E-state index is 0.168. The Labute approximate surface area is 460 Å². The lowest BCUT2D eigenvalue weighted by Crippen LogP contribution is -2.38. The number of nitrogens with zero attached hydrogens (tertiary/aromatic N) is 2. The van der Waals surface area contributed by atoms with Crippen molar-refractivity contribution >= 4 is 95.9 Å². The molecule has 2 atom stereocenters. The summed E-state index contributed by atoms with van der Waals surface area (Å²) < 4.78 is 6.37. The molecule has 8 aromatic rings. The van der Waals surface area contributed by atoms with E-state index >= 15 is 19.2 Å². The van der Waals surface area contributed by atoms with Gasteiger partial charge in [-0.3, -0.25) is 28.3 Å². The number of unbranched alkanes of at least 4 members (excludes halogenated alkanes) is 24. The number of nitrogens with one attached hydrogen (secondary N) is 2. The van der Waals surface area contributed by atoms with Crippen LogP contribution < -0.4 is 22.2 Å². The summed E-state index contributed by atoms with van der Waals surface area (Å²) in [7, 11) is 0. The van der Waals surface area contributed by atoms with Crippen LogP contribution in [0.5, 0.6) is 0 Å². The number of rotatable bonds is 36. The van der Waals surface area contributed by atoms with Gasteiger partial charge in [0.15, 0.2) is 0 Å². The first-order valence-corrected chi connectivity index (χ1v) is 32.5. The van der Waals surface area contributed by atoms with E-state index < -0.39 is 0 Å². The molecule has 0 aliphatic heterocycles. The predicted molar refractivity (Wildman–Crippen MR) is 332 cm³/mol. The number of hydrogen-bond acceptors (Lipinski definition) is 6. The number of aromatic nitrogens is 4. The zero-order valence-corrected chi connectivity index (χ0v) is 48.8. The summed E-state index contributed by atoms with van der Waals surface area (Å²) >= 11 is 3.02. The summed E-state index contributed by atoms with van der Waals surface area (Å²) in [5.41, 5.74) is 1.58. The Bertz CT molecular complexity index is 2970. The van der Waals surface area contributed by atoms with Crippen molar-refractivity contribution < 1.29 is 0 Å². The van der Waals surface area contributed by atoms with E-state index in [2.05, 4.69) is 49.8 Å². The molecule has 4 aromatic carbocycles. The summed E-state index contributed by atoms with van der Waals surface area (Å²) in [6.07, 6.45) is 37.9. The molecule has 0 aliphatic rings. The molecule has 10 heteroatoms. The SMILES string of the molecule is CCCCCCCCCCC(CCCCCCCC)Cn1c(=O)c2c3[nH]c4ccccc4sc3c3c(=O)n(CC(CCCCCCCC)CCCCCCCCCC)c(=O)c4c5[nH]c6ccccc6sc5c(c1=O)c2c43. The minimum atomic E-state index is -0.330. The third-order valence-electron chi connectivity index (χ3n) is 17.0. The van der Waals surface area contributed by atoms with Gasteiger partial charge in [0.2, 0.25) is 0 Å². The quantitative estimate of drug-likeness (QED) is 0.0232. The van der Waals surface area contributed by atoms with Gasteiger partial charge in [-0.25, -0.2) is 0 Å². The normalized spacial score (nSPS) is 13.1. The zero-order chi connectivity index (χ0) is 53.2. The van der Waals surface area contributed by atoms with Crippen LogP contribution in [0, 0.1) is 11.8 Å². The molecule has 4 heterocycles. The lowest BCUT2D eigenvalue weighted by Gasteiger charge is -2.22. The third-order valence-corrected chi connectivity index (χ3v) is 19.3.